The van der Waals surface area contributed by atoms with E-state index >= 15 is 0 Å². The predicted molar refractivity (Wildman–Crippen MR) is 72.4 cm³/mol. The van der Waals surface area contributed by atoms with Gasteiger partial charge in [0.1, 0.15) is 17.0 Å². The molecule has 0 fully saturated rings. The maximum absolute atomic E-state index is 5.98. The molecule has 1 heterocycles. The molecule has 0 saturated heterocycles. The summed E-state index contributed by atoms with van der Waals surface area (Å²) in [6, 6.07) is 0. The summed E-state index contributed by atoms with van der Waals surface area (Å²) in [5.74, 6) is 2.19. The van der Waals surface area contributed by atoms with Crippen LogP contribution in [-0.4, -0.2) is 21.8 Å². The maximum Gasteiger partial charge on any atom is 0.241 e. The van der Waals surface area contributed by atoms with Gasteiger partial charge in [0.2, 0.25) is 5.88 Å². The van der Waals surface area contributed by atoms with Crippen molar-refractivity contribution in [2.75, 3.05) is 11.5 Å². The molecule has 1 aromatic rings. The highest BCUT2D eigenvalue weighted by atomic mass is 32.2. The fourth-order valence-corrected chi connectivity index (χ4v) is 2.33. The number of aromatic nitrogens is 2. The van der Waals surface area contributed by atoms with E-state index in [4.69, 9.17) is 10.5 Å². The summed E-state index contributed by atoms with van der Waals surface area (Å²) >= 11 is 1.66. The lowest BCUT2D eigenvalue weighted by molar-refractivity contribution is 0.233. The smallest absolute Gasteiger partial charge is 0.241 e. The van der Waals surface area contributed by atoms with Gasteiger partial charge < -0.3 is 10.5 Å². The molecule has 0 bridgehead atoms. The van der Waals surface area contributed by atoms with Crippen molar-refractivity contribution in [1.29, 1.82) is 0 Å². The molecule has 0 aliphatic carbocycles. The van der Waals surface area contributed by atoms with E-state index in [1.165, 1.54) is 6.33 Å². The molecule has 1 aromatic heterocycles. The molecule has 0 aliphatic rings. The minimum Gasteiger partial charge on any atom is -0.473 e. The highest BCUT2D eigenvalue weighted by Gasteiger charge is 2.11. The van der Waals surface area contributed by atoms with Gasteiger partial charge in [-0.2, -0.15) is 4.98 Å². The number of rotatable bonds is 6. The van der Waals surface area contributed by atoms with Crippen molar-refractivity contribution < 1.29 is 4.74 Å². The van der Waals surface area contributed by atoms with Crippen LogP contribution in [0.2, 0.25) is 0 Å². The first-order valence-corrected chi connectivity index (χ1v) is 6.89. The van der Waals surface area contributed by atoms with E-state index in [0.717, 1.165) is 17.2 Å². The molecule has 0 spiro atoms. The Labute approximate surface area is 107 Å². The molecule has 0 radical (unpaired) electrons. The van der Waals surface area contributed by atoms with Gasteiger partial charge in [0, 0.05) is 0 Å². The molecule has 2 N–H and O–H groups in total. The molecular weight excluding hydrogens is 234 g/mol. The van der Waals surface area contributed by atoms with Crippen LogP contribution < -0.4 is 10.5 Å². The minimum atomic E-state index is 0.0701. The van der Waals surface area contributed by atoms with Crippen molar-refractivity contribution in [3.63, 3.8) is 0 Å². The number of nitrogens with zero attached hydrogens (tertiary/aromatic N) is 2. The molecular formula is C12H21N3OS. The highest BCUT2D eigenvalue weighted by molar-refractivity contribution is 7.99. The third-order valence-corrected chi connectivity index (χ3v) is 3.13. The summed E-state index contributed by atoms with van der Waals surface area (Å²) < 4.78 is 5.52. The lowest BCUT2D eigenvalue weighted by Crippen LogP contribution is -2.10. The molecule has 5 heteroatoms. The van der Waals surface area contributed by atoms with Crippen molar-refractivity contribution in [3.8, 4) is 5.88 Å². The van der Waals surface area contributed by atoms with Crippen LogP contribution in [0, 0.1) is 5.92 Å². The van der Waals surface area contributed by atoms with E-state index in [1.54, 1.807) is 11.8 Å². The van der Waals surface area contributed by atoms with Crippen molar-refractivity contribution in [2.24, 2.45) is 5.92 Å². The number of hydrogen-bond donors (Lipinski definition) is 1. The fraction of sp³-hybridized carbons (Fsp3) is 0.667. The van der Waals surface area contributed by atoms with Gasteiger partial charge in [0.25, 0.3) is 0 Å². The van der Waals surface area contributed by atoms with Crippen LogP contribution in [0.25, 0.3) is 0 Å². The van der Waals surface area contributed by atoms with Crippen molar-refractivity contribution in [1.82, 2.24) is 9.97 Å². The zero-order chi connectivity index (χ0) is 12.8. The molecule has 17 heavy (non-hydrogen) atoms. The summed E-state index contributed by atoms with van der Waals surface area (Å²) in [5, 5.41) is 0.816. The standard InChI is InChI=1S/C12H21N3OS/c1-8(2)5-6-17-12-10(13)11(14-7-15-12)16-9(3)4/h7-9H,5-6,13H2,1-4H3. The van der Waals surface area contributed by atoms with Gasteiger partial charge in [-0.25, -0.2) is 4.98 Å². The van der Waals surface area contributed by atoms with E-state index in [0.29, 0.717) is 17.5 Å². The van der Waals surface area contributed by atoms with Gasteiger partial charge in [-0.15, -0.1) is 11.8 Å². The SMILES string of the molecule is CC(C)CCSc1ncnc(OC(C)C)c1N. The van der Waals surface area contributed by atoms with E-state index < -0.39 is 0 Å². The zero-order valence-corrected chi connectivity index (χ0v) is 11.8. The van der Waals surface area contributed by atoms with E-state index in [-0.39, 0.29) is 6.10 Å². The second kappa shape index (κ2) is 6.69. The van der Waals surface area contributed by atoms with Gasteiger partial charge in [-0.05, 0) is 31.9 Å². The summed E-state index contributed by atoms with van der Waals surface area (Å²) in [6.07, 6.45) is 2.72. The Kier molecular flexibility index (Phi) is 5.55. The number of ether oxygens (including phenoxy) is 1. The van der Waals surface area contributed by atoms with E-state index in [9.17, 15) is 0 Å². The van der Waals surface area contributed by atoms with Crippen LogP contribution >= 0.6 is 11.8 Å². The number of hydrogen-bond acceptors (Lipinski definition) is 5. The first-order chi connectivity index (χ1) is 8.00. The second-order valence-corrected chi connectivity index (χ2v) is 5.68. The average Bonchev–Trinajstić information content (AvgIpc) is 2.22. The minimum absolute atomic E-state index is 0.0701. The van der Waals surface area contributed by atoms with Crippen LogP contribution in [0.5, 0.6) is 5.88 Å². The van der Waals surface area contributed by atoms with Crippen molar-refractivity contribution >= 4 is 17.4 Å². The largest absolute Gasteiger partial charge is 0.473 e. The number of nitrogen functional groups attached to an aromatic ring is 1. The van der Waals surface area contributed by atoms with Crippen LogP contribution in [0.15, 0.2) is 11.4 Å². The van der Waals surface area contributed by atoms with Gasteiger partial charge in [-0.3, -0.25) is 0 Å². The molecule has 4 nitrogen and oxygen atoms in total. The second-order valence-electron chi connectivity index (χ2n) is 4.60. The predicted octanol–water partition coefficient (Wildman–Crippen LogP) is 2.98. The Hall–Kier alpha value is -0.970. The molecule has 96 valence electrons. The molecule has 0 amide bonds. The monoisotopic (exact) mass is 255 g/mol. The van der Waals surface area contributed by atoms with Gasteiger partial charge in [-0.1, -0.05) is 13.8 Å². The zero-order valence-electron chi connectivity index (χ0n) is 10.9. The molecule has 0 saturated carbocycles. The van der Waals surface area contributed by atoms with Crippen molar-refractivity contribution in [3.05, 3.63) is 6.33 Å². The Morgan fingerprint density at radius 1 is 1.29 bits per heavy atom. The Balaban J connectivity index is 2.66. The lowest BCUT2D eigenvalue weighted by Gasteiger charge is -2.12. The van der Waals surface area contributed by atoms with Gasteiger partial charge >= 0.3 is 0 Å². The number of anilines is 1. The molecule has 0 aromatic carbocycles. The fourth-order valence-electron chi connectivity index (χ4n) is 1.19. The Morgan fingerprint density at radius 2 is 2.00 bits per heavy atom. The Morgan fingerprint density at radius 3 is 2.59 bits per heavy atom. The highest BCUT2D eigenvalue weighted by Crippen LogP contribution is 2.30. The van der Waals surface area contributed by atoms with Crippen molar-refractivity contribution in [2.45, 2.75) is 45.2 Å². The molecule has 1 rings (SSSR count). The van der Waals surface area contributed by atoms with Crippen LogP contribution in [0.1, 0.15) is 34.1 Å². The van der Waals surface area contributed by atoms with Crippen LogP contribution in [-0.2, 0) is 0 Å². The third-order valence-electron chi connectivity index (χ3n) is 2.09. The van der Waals surface area contributed by atoms with E-state index in [2.05, 4.69) is 23.8 Å². The quantitative estimate of drug-likeness (QED) is 0.625. The lowest BCUT2D eigenvalue weighted by atomic mass is 10.2. The summed E-state index contributed by atoms with van der Waals surface area (Å²) in [4.78, 5) is 8.24. The Bertz CT molecular complexity index is 356. The molecule has 0 aliphatic heterocycles. The van der Waals surface area contributed by atoms with E-state index in [1.807, 2.05) is 13.8 Å². The normalized spacial score (nSPS) is 11.2. The maximum atomic E-state index is 5.98. The van der Waals surface area contributed by atoms with Crippen LogP contribution in [0.3, 0.4) is 0 Å². The first kappa shape index (κ1) is 14.1. The molecule has 0 atom stereocenters. The average molecular weight is 255 g/mol. The van der Waals surface area contributed by atoms with Crippen LogP contribution in [0.4, 0.5) is 5.69 Å². The molecule has 0 unspecified atom stereocenters. The number of nitrogens with two attached hydrogens (primary N) is 1. The summed E-state index contributed by atoms with van der Waals surface area (Å²) in [7, 11) is 0. The van der Waals surface area contributed by atoms with Gasteiger partial charge in [0.15, 0.2) is 0 Å². The first-order valence-electron chi connectivity index (χ1n) is 5.90. The summed E-state index contributed by atoms with van der Waals surface area (Å²) in [5.41, 5.74) is 6.53. The topological polar surface area (TPSA) is 61.0 Å². The number of thioether (sulfide) groups is 1. The third kappa shape index (κ3) is 4.81. The van der Waals surface area contributed by atoms with Gasteiger partial charge in [0.05, 0.1) is 6.10 Å². The summed E-state index contributed by atoms with van der Waals surface area (Å²) in [6.45, 7) is 8.31.